The van der Waals surface area contributed by atoms with Gasteiger partial charge < -0.3 is 15.6 Å². The number of halogens is 1. The largest absolute Gasteiger partial charge is 0.325 e. The number of amides is 2. The fraction of sp³-hybridized carbons (Fsp3) is 0.0500. The van der Waals surface area contributed by atoms with Gasteiger partial charge in [-0.1, -0.05) is 35.9 Å². The van der Waals surface area contributed by atoms with Crippen LogP contribution in [0.1, 0.15) is 17.3 Å². The topological polar surface area (TPSA) is 91.3 Å². The van der Waals surface area contributed by atoms with Gasteiger partial charge >= 0.3 is 6.03 Å². The zero-order valence-corrected chi connectivity index (χ0v) is 15.2. The Morgan fingerprint density at radius 2 is 2.00 bits per heavy atom. The highest BCUT2D eigenvalue weighted by molar-refractivity contribution is 6.31. The van der Waals surface area contributed by atoms with Crippen molar-refractivity contribution in [1.82, 2.24) is 19.7 Å². The molecule has 2 amide bonds. The Morgan fingerprint density at radius 1 is 1.18 bits per heavy atom. The van der Waals surface area contributed by atoms with Crippen LogP contribution in [0.25, 0.3) is 16.9 Å². The minimum atomic E-state index is -0.473. The predicted octanol–water partition coefficient (Wildman–Crippen LogP) is 3.57. The van der Waals surface area contributed by atoms with E-state index in [9.17, 15) is 9.59 Å². The Bertz CT molecular complexity index is 1280. The summed E-state index contributed by atoms with van der Waals surface area (Å²) in [5.41, 5.74) is 3.63. The molecule has 138 valence electrons. The molecule has 3 N–H and O–H groups in total. The molecule has 1 aliphatic rings. The number of aromatic nitrogens is 3. The van der Waals surface area contributed by atoms with E-state index in [0.29, 0.717) is 16.4 Å². The van der Waals surface area contributed by atoms with E-state index in [0.717, 1.165) is 16.8 Å². The molecule has 1 aliphatic carbocycles. The lowest BCUT2D eigenvalue weighted by molar-refractivity contribution is 0.250. The summed E-state index contributed by atoms with van der Waals surface area (Å²) in [5.74, 6) is 0. The van der Waals surface area contributed by atoms with Gasteiger partial charge in [-0.05, 0) is 29.8 Å². The number of fused-ring (bicyclic) bond motifs is 5. The molecule has 1 unspecified atom stereocenters. The number of H-pyrrole nitrogens is 1. The fourth-order valence-corrected chi connectivity index (χ4v) is 3.79. The molecule has 0 fully saturated rings. The number of hydrogen-bond donors (Lipinski definition) is 3. The first-order chi connectivity index (χ1) is 13.6. The smallest absolute Gasteiger partial charge is 0.320 e. The second-order valence-electron chi connectivity index (χ2n) is 6.46. The van der Waals surface area contributed by atoms with Crippen LogP contribution in [0.3, 0.4) is 0 Å². The molecule has 0 bridgehead atoms. The van der Waals surface area contributed by atoms with Crippen molar-refractivity contribution >= 4 is 29.0 Å². The molecule has 7 nitrogen and oxygen atoms in total. The monoisotopic (exact) mass is 391 g/mol. The van der Waals surface area contributed by atoms with Crippen molar-refractivity contribution in [3.05, 3.63) is 87.6 Å². The lowest BCUT2D eigenvalue weighted by Crippen LogP contribution is -2.33. The maximum atomic E-state index is 12.7. The number of nitrogens with zero attached hydrogens (tertiary/aromatic N) is 2. The normalized spacial score (nSPS) is 14.5. The van der Waals surface area contributed by atoms with Gasteiger partial charge in [-0.2, -0.15) is 0 Å². The number of carbonyl (C=O) groups is 1. The highest BCUT2D eigenvalue weighted by atomic mass is 35.5. The third-order valence-electron chi connectivity index (χ3n) is 4.77. The summed E-state index contributed by atoms with van der Waals surface area (Å²) in [5, 5.41) is 6.37. The summed E-state index contributed by atoms with van der Waals surface area (Å²) in [6.45, 7) is 0. The zero-order chi connectivity index (χ0) is 19.3. The summed E-state index contributed by atoms with van der Waals surface area (Å²) in [4.78, 5) is 32.1. The summed E-state index contributed by atoms with van der Waals surface area (Å²) in [6, 6.07) is 13.8. The van der Waals surface area contributed by atoms with E-state index < -0.39 is 6.04 Å². The average Bonchev–Trinajstić information content (AvgIpc) is 3.27. The summed E-state index contributed by atoms with van der Waals surface area (Å²) in [6.07, 6.45) is 3.27. The third kappa shape index (κ3) is 2.56. The van der Waals surface area contributed by atoms with Gasteiger partial charge in [0.25, 0.3) is 5.56 Å². The SMILES string of the molecule is O=C(Nc1ccccc1)NC1c2ccc(Cl)cc2-c2[nH]c(=O)c3nccn3c21. The first-order valence-electron chi connectivity index (χ1n) is 8.63. The predicted molar refractivity (Wildman–Crippen MR) is 107 cm³/mol. The molecule has 2 aromatic carbocycles. The highest BCUT2D eigenvalue weighted by Gasteiger charge is 2.34. The molecule has 0 saturated carbocycles. The Balaban J connectivity index is 1.62. The third-order valence-corrected chi connectivity index (χ3v) is 5.01. The van der Waals surface area contributed by atoms with Crippen molar-refractivity contribution < 1.29 is 4.79 Å². The van der Waals surface area contributed by atoms with E-state index in [4.69, 9.17) is 11.6 Å². The minimum Gasteiger partial charge on any atom is -0.325 e. The summed E-state index contributed by atoms with van der Waals surface area (Å²) in [7, 11) is 0. The van der Waals surface area contributed by atoms with E-state index in [1.54, 1.807) is 41.1 Å². The molecular formula is C20H14ClN5O2. The van der Waals surface area contributed by atoms with Crippen molar-refractivity contribution in [3.63, 3.8) is 0 Å². The second-order valence-corrected chi connectivity index (χ2v) is 6.90. The van der Waals surface area contributed by atoms with E-state index >= 15 is 0 Å². The molecule has 0 saturated heterocycles. The molecule has 0 spiro atoms. The molecule has 2 heterocycles. The van der Waals surface area contributed by atoms with Gasteiger partial charge in [0.05, 0.1) is 17.4 Å². The molecule has 1 atom stereocenters. The van der Waals surface area contributed by atoms with Crippen molar-refractivity contribution in [2.45, 2.75) is 6.04 Å². The lowest BCUT2D eigenvalue weighted by atomic mass is 10.1. The van der Waals surface area contributed by atoms with Crippen molar-refractivity contribution in [3.8, 4) is 11.3 Å². The molecule has 5 rings (SSSR count). The second kappa shape index (κ2) is 6.24. The average molecular weight is 392 g/mol. The van der Waals surface area contributed by atoms with Gasteiger partial charge in [0.15, 0.2) is 0 Å². The van der Waals surface area contributed by atoms with Gasteiger partial charge in [0.2, 0.25) is 5.65 Å². The van der Waals surface area contributed by atoms with Crippen molar-refractivity contribution in [1.29, 1.82) is 0 Å². The van der Waals surface area contributed by atoms with E-state index in [2.05, 4.69) is 20.6 Å². The molecule has 8 heteroatoms. The fourth-order valence-electron chi connectivity index (χ4n) is 3.62. The van der Waals surface area contributed by atoms with Crippen molar-refractivity contribution in [2.75, 3.05) is 5.32 Å². The number of anilines is 1. The first-order valence-corrected chi connectivity index (χ1v) is 9.01. The number of aromatic amines is 1. The minimum absolute atomic E-state index is 0.271. The van der Waals surface area contributed by atoms with Gasteiger partial charge in [0, 0.05) is 28.7 Å². The van der Waals surface area contributed by atoms with Crippen LogP contribution < -0.4 is 16.2 Å². The Hall–Kier alpha value is -3.58. The number of carbonyl (C=O) groups excluding carboxylic acids is 1. The van der Waals surface area contributed by atoms with E-state index in [-0.39, 0.29) is 17.2 Å². The van der Waals surface area contributed by atoms with Crippen LogP contribution in [0.4, 0.5) is 10.5 Å². The number of benzene rings is 2. The number of para-hydroxylation sites is 1. The van der Waals surface area contributed by atoms with Crippen LogP contribution in [0.5, 0.6) is 0 Å². The first kappa shape index (κ1) is 16.6. The van der Waals surface area contributed by atoms with Crippen LogP contribution in [0.15, 0.2) is 65.7 Å². The quantitative estimate of drug-likeness (QED) is 0.488. The van der Waals surface area contributed by atoms with Gasteiger partial charge in [-0.15, -0.1) is 0 Å². The number of imidazole rings is 1. The number of rotatable bonds is 2. The maximum absolute atomic E-state index is 12.7. The van der Waals surface area contributed by atoms with E-state index in [1.165, 1.54) is 0 Å². The Labute approximate surface area is 164 Å². The number of nitrogens with one attached hydrogen (secondary N) is 3. The summed E-state index contributed by atoms with van der Waals surface area (Å²) < 4.78 is 1.70. The zero-order valence-electron chi connectivity index (χ0n) is 14.4. The maximum Gasteiger partial charge on any atom is 0.320 e. The Kier molecular flexibility index (Phi) is 3.70. The molecule has 4 aromatic rings. The highest BCUT2D eigenvalue weighted by Crippen LogP contribution is 2.42. The lowest BCUT2D eigenvalue weighted by Gasteiger charge is -2.17. The van der Waals surface area contributed by atoms with Crippen LogP contribution in [-0.4, -0.2) is 20.4 Å². The van der Waals surface area contributed by atoms with Crippen molar-refractivity contribution in [2.24, 2.45) is 0 Å². The standard InChI is InChI=1S/C20H14ClN5O2/c21-11-6-7-13-14(10-11)16-17(26-9-8-22-18(26)19(27)24-16)15(13)25-20(28)23-12-4-2-1-3-5-12/h1-10,15H,(H,24,27)(H2,23,25,28). The molecular weight excluding hydrogens is 378 g/mol. The van der Waals surface area contributed by atoms with Gasteiger partial charge in [-0.3, -0.25) is 9.20 Å². The number of urea groups is 1. The van der Waals surface area contributed by atoms with Crippen LogP contribution in [0, 0.1) is 0 Å². The van der Waals surface area contributed by atoms with Gasteiger partial charge in [-0.25, -0.2) is 9.78 Å². The van der Waals surface area contributed by atoms with Gasteiger partial charge in [0.1, 0.15) is 0 Å². The molecule has 28 heavy (non-hydrogen) atoms. The molecule has 2 aromatic heterocycles. The summed E-state index contributed by atoms with van der Waals surface area (Å²) >= 11 is 6.18. The van der Waals surface area contributed by atoms with E-state index in [1.807, 2.05) is 24.3 Å². The molecule has 0 radical (unpaired) electrons. The molecule has 0 aliphatic heterocycles. The number of hydrogen-bond acceptors (Lipinski definition) is 3. The Morgan fingerprint density at radius 3 is 2.82 bits per heavy atom. The van der Waals surface area contributed by atoms with Crippen LogP contribution in [0.2, 0.25) is 5.02 Å². The van der Waals surface area contributed by atoms with Crippen LogP contribution in [-0.2, 0) is 0 Å². The van der Waals surface area contributed by atoms with Crippen LogP contribution >= 0.6 is 11.6 Å².